The van der Waals surface area contributed by atoms with Crippen molar-refractivity contribution < 1.29 is 23.8 Å². The number of hydrogen-bond acceptors (Lipinski definition) is 6. The van der Waals surface area contributed by atoms with Crippen LogP contribution in [0.4, 0.5) is 0 Å². The molecule has 0 spiro atoms. The van der Waals surface area contributed by atoms with Crippen LogP contribution in [0, 0.1) is 6.92 Å². The smallest absolute Gasteiger partial charge is 0.305 e. The van der Waals surface area contributed by atoms with Gasteiger partial charge in [-0.25, -0.2) is 0 Å². The van der Waals surface area contributed by atoms with Gasteiger partial charge < -0.3 is 24.5 Å². The zero-order valence-electron chi connectivity index (χ0n) is 16.8. The molecule has 156 valence electrons. The number of thiophene rings is 1. The predicted molar refractivity (Wildman–Crippen MR) is 113 cm³/mol. The summed E-state index contributed by atoms with van der Waals surface area (Å²) in [6.07, 6.45) is 0.632. The molecule has 2 N–H and O–H groups in total. The van der Waals surface area contributed by atoms with Crippen molar-refractivity contribution >= 4 is 23.2 Å². The topological polar surface area (TPSA) is 92.8 Å². The lowest BCUT2D eigenvalue weighted by atomic mass is 10.0. The lowest BCUT2D eigenvalue weighted by Crippen LogP contribution is -2.13. The fourth-order valence-electron chi connectivity index (χ4n) is 3.84. The summed E-state index contributed by atoms with van der Waals surface area (Å²) < 4.78 is 17.8. The normalized spacial score (nSPS) is 12.2. The largest absolute Gasteiger partial charge is 0.469 e. The molecule has 0 radical (unpaired) electrons. The van der Waals surface area contributed by atoms with Gasteiger partial charge in [0.05, 0.1) is 19.1 Å². The minimum Gasteiger partial charge on any atom is -0.469 e. The van der Waals surface area contributed by atoms with E-state index in [-0.39, 0.29) is 19.2 Å². The van der Waals surface area contributed by atoms with Crippen molar-refractivity contribution in [3.8, 4) is 22.6 Å². The molecular formula is C22H22N2O5S. The van der Waals surface area contributed by atoms with E-state index in [4.69, 9.17) is 19.9 Å². The zero-order chi connectivity index (χ0) is 21.3. The van der Waals surface area contributed by atoms with Gasteiger partial charge in [0.25, 0.3) is 5.91 Å². The van der Waals surface area contributed by atoms with Crippen molar-refractivity contribution in [1.29, 1.82) is 0 Å². The van der Waals surface area contributed by atoms with E-state index < -0.39 is 5.91 Å². The third-order valence-corrected chi connectivity index (χ3v) is 5.94. The maximum absolute atomic E-state index is 12.4. The Morgan fingerprint density at radius 3 is 2.73 bits per heavy atom. The van der Waals surface area contributed by atoms with E-state index in [1.165, 1.54) is 7.11 Å². The predicted octanol–water partition coefficient (Wildman–Crippen LogP) is 3.51. The molecule has 2 aromatic heterocycles. The van der Waals surface area contributed by atoms with Crippen LogP contribution in [0.25, 0.3) is 11.1 Å². The van der Waals surface area contributed by atoms with Gasteiger partial charge in [-0.05, 0) is 53.4 Å². The second-order valence-corrected chi connectivity index (χ2v) is 7.79. The molecule has 1 aromatic carbocycles. The summed E-state index contributed by atoms with van der Waals surface area (Å²) in [6.45, 7) is 2.59. The summed E-state index contributed by atoms with van der Waals surface area (Å²) in [6, 6.07) is 7.73. The van der Waals surface area contributed by atoms with Crippen LogP contribution in [0.3, 0.4) is 0 Å². The zero-order valence-corrected chi connectivity index (χ0v) is 17.6. The summed E-state index contributed by atoms with van der Waals surface area (Å²) in [7, 11) is 1.37. The number of benzene rings is 1. The summed E-state index contributed by atoms with van der Waals surface area (Å²) >= 11 is 1.54. The number of primary amides is 1. The molecule has 0 fully saturated rings. The Bertz CT molecular complexity index is 1100. The maximum Gasteiger partial charge on any atom is 0.305 e. The van der Waals surface area contributed by atoms with Crippen molar-refractivity contribution in [3.63, 3.8) is 0 Å². The first-order valence-electron chi connectivity index (χ1n) is 9.49. The lowest BCUT2D eigenvalue weighted by Gasteiger charge is -2.13. The minimum absolute atomic E-state index is 0.205. The monoisotopic (exact) mass is 426 g/mol. The molecule has 0 atom stereocenters. The summed E-state index contributed by atoms with van der Waals surface area (Å²) in [5, 5.41) is 3.93. The molecule has 0 aliphatic carbocycles. The first-order valence-corrected chi connectivity index (χ1v) is 10.4. The highest BCUT2D eigenvalue weighted by Crippen LogP contribution is 2.37. The van der Waals surface area contributed by atoms with E-state index in [1.54, 1.807) is 11.3 Å². The SMILES string of the molecule is COC(=O)CCc1c(-c2ccsc2)c(C(N)=O)c(C)n1Cc1ccc2c(c1)OCO2. The van der Waals surface area contributed by atoms with E-state index >= 15 is 0 Å². The highest BCUT2D eigenvalue weighted by Gasteiger charge is 2.26. The standard InChI is InChI=1S/C22H22N2O5S/c1-13-20(22(23)26)21(15-7-8-30-11-15)16(4-6-19(25)27-2)24(13)10-14-3-5-17-18(9-14)29-12-28-17/h3,5,7-9,11H,4,6,10,12H2,1-2H3,(H2,23,26). The molecule has 0 saturated heterocycles. The Morgan fingerprint density at radius 2 is 2.03 bits per heavy atom. The molecule has 3 heterocycles. The Hall–Kier alpha value is -3.26. The molecule has 30 heavy (non-hydrogen) atoms. The molecule has 1 amide bonds. The first kappa shape index (κ1) is 20.0. The third kappa shape index (κ3) is 3.66. The Balaban J connectivity index is 1.82. The van der Waals surface area contributed by atoms with Crippen LogP contribution < -0.4 is 15.2 Å². The average Bonchev–Trinajstić information content (AvgIpc) is 3.46. The van der Waals surface area contributed by atoms with E-state index in [1.807, 2.05) is 46.5 Å². The second-order valence-electron chi connectivity index (χ2n) is 7.01. The molecule has 8 heteroatoms. The van der Waals surface area contributed by atoms with Gasteiger partial charge in [0.15, 0.2) is 11.5 Å². The molecule has 0 bridgehead atoms. The summed E-state index contributed by atoms with van der Waals surface area (Å²) in [4.78, 5) is 24.2. The van der Waals surface area contributed by atoms with Gasteiger partial charge in [-0.15, -0.1) is 0 Å². The van der Waals surface area contributed by atoms with Crippen molar-refractivity contribution in [2.45, 2.75) is 26.3 Å². The number of hydrogen-bond donors (Lipinski definition) is 1. The molecule has 3 aromatic rings. The van der Waals surface area contributed by atoms with Gasteiger partial charge in [0.1, 0.15) is 0 Å². The quantitative estimate of drug-likeness (QED) is 0.584. The fraction of sp³-hybridized carbons (Fsp3) is 0.273. The van der Waals surface area contributed by atoms with Gasteiger partial charge >= 0.3 is 5.97 Å². The maximum atomic E-state index is 12.4. The van der Waals surface area contributed by atoms with Crippen molar-refractivity contribution in [3.05, 3.63) is 57.5 Å². The van der Waals surface area contributed by atoms with E-state index in [0.29, 0.717) is 30.0 Å². The molecular weight excluding hydrogens is 404 g/mol. The van der Waals surface area contributed by atoms with E-state index in [9.17, 15) is 9.59 Å². The number of nitrogens with two attached hydrogens (primary N) is 1. The van der Waals surface area contributed by atoms with Crippen LogP contribution in [0.5, 0.6) is 11.5 Å². The number of esters is 1. The van der Waals surface area contributed by atoms with Crippen LogP contribution in [0.15, 0.2) is 35.0 Å². The summed E-state index contributed by atoms with van der Waals surface area (Å²) in [5.41, 5.74) is 10.6. The molecule has 7 nitrogen and oxygen atoms in total. The first-order chi connectivity index (χ1) is 14.5. The number of fused-ring (bicyclic) bond motifs is 1. The third-order valence-electron chi connectivity index (χ3n) is 5.26. The Morgan fingerprint density at radius 1 is 1.23 bits per heavy atom. The number of ether oxygens (including phenoxy) is 3. The fourth-order valence-corrected chi connectivity index (χ4v) is 4.48. The number of methoxy groups -OCH3 is 1. The van der Waals surface area contributed by atoms with Crippen molar-refractivity contribution in [2.75, 3.05) is 13.9 Å². The van der Waals surface area contributed by atoms with E-state index in [2.05, 4.69) is 0 Å². The number of rotatable bonds is 7. The van der Waals surface area contributed by atoms with Gasteiger partial charge in [-0.1, -0.05) is 6.07 Å². The van der Waals surface area contributed by atoms with Gasteiger partial charge in [0.2, 0.25) is 6.79 Å². The second kappa shape index (κ2) is 8.23. The van der Waals surface area contributed by atoms with Gasteiger partial charge in [-0.3, -0.25) is 9.59 Å². The van der Waals surface area contributed by atoms with E-state index in [0.717, 1.165) is 28.1 Å². The number of carbonyl (C=O) groups is 2. The molecule has 0 saturated carbocycles. The van der Waals surface area contributed by atoms with Crippen LogP contribution in [0.2, 0.25) is 0 Å². The van der Waals surface area contributed by atoms with Crippen LogP contribution >= 0.6 is 11.3 Å². The van der Waals surface area contributed by atoms with Crippen LogP contribution in [0.1, 0.15) is 33.7 Å². The van der Waals surface area contributed by atoms with Gasteiger partial charge in [-0.2, -0.15) is 11.3 Å². The van der Waals surface area contributed by atoms with Crippen LogP contribution in [-0.2, 0) is 22.5 Å². The van der Waals surface area contributed by atoms with Crippen molar-refractivity contribution in [1.82, 2.24) is 4.57 Å². The van der Waals surface area contributed by atoms with Gasteiger partial charge in [0, 0.05) is 23.5 Å². The number of aromatic nitrogens is 1. The highest BCUT2D eigenvalue weighted by molar-refractivity contribution is 7.08. The average molecular weight is 426 g/mol. The number of nitrogens with zero attached hydrogens (tertiary/aromatic N) is 1. The summed E-state index contributed by atoms with van der Waals surface area (Å²) in [5.74, 6) is 0.616. The molecule has 4 rings (SSSR count). The number of carbonyl (C=O) groups excluding carboxylic acids is 2. The molecule has 1 aliphatic rings. The molecule has 0 unspecified atom stereocenters. The Kier molecular flexibility index (Phi) is 5.50. The lowest BCUT2D eigenvalue weighted by molar-refractivity contribution is -0.140. The van der Waals surface area contributed by atoms with Crippen LogP contribution in [-0.4, -0.2) is 30.3 Å². The minimum atomic E-state index is -0.488. The number of amides is 1. The highest BCUT2D eigenvalue weighted by atomic mass is 32.1. The molecule has 1 aliphatic heterocycles. The Labute approximate surface area is 178 Å². The van der Waals surface area contributed by atoms with Crippen molar-refractivity contribution in [2.24, 2.45) is 5.73 Å².